The highest BCUT2D eigenvalue weighted by atomic mass is 16.3. The number of amides is 1. The zero-order chi connectivity index (χ0) is 12.2. The van der Waals surface area contributed by atoms with E-state index >= 15 is 0 Å². The van der Waals surface area contributed by atoms with E-state index in [4.69, 9.17) is 5.73 Å². The molecule has 3 aliphatic rings. The Hall–Kier alpha value is -0.610. The first-order valence-corrected chi connectivity index (χ1v) is 6.78. The fraction of sp³-hybridized carbons (Fsp3) is 0.923. The highest BCUT2D eigenvalue weighted by Gasteiger charge is 2.55. The molecule has 0 bridgehead atoms. The van der Waals surface area contributed by atoms with Gasteiger partial charge >= 0.3 is 0 Å². The number of piperidine rings is 1. The van der Waals surface area contributed by atoms with Crippen LogP contribution in [0.5, 0.6) is 0 Å². The predicted molar refractivity (Wildman–Crippen MR) is 64.2 cm³/mol. The Kier molecular flexibility index (Phi) is 2.49. The van der Waals surface area contributed by atoms with E-state index in [2.05, 4.69) is 6.92 Å². The first kappa shape index (κ1) is 11.5. The van der Waals surface area contributed by atoms with Crippen LogP contribution in [0.2, 0.25) is 0 Å². The average molecular weight is 238 g/mol. The van der Waals surface area contributed by atoms with Crippen molar-refractivity contribution in [1.82, 2.24) is 4.90 Å². The molecule has 0 unspecified atom stereocenters. The topological polar surface area (TPSA) is 66.6 Å². The number of likely N-dealkylation sites (tertiary alicyclic amines) is 1. The van der Waals surface area contributed by atoms with Crippen molar-refractivity contribution in [1.29, 1.82) is 0 Å². The first-order valence-electron chi connectivity index (χ1n) is 6.78. The maximum Gasteiger partial charge on any atom is 0.240 e. The van der Waals surface area contributed by atoms with Crippen molar-refractivity contribution in [3.05, 3.63) is 0 Å². The van der Waals surface area contributed by atoms with Gasteiger partial charge in [0.05, 0.1) is 12.6 Å². The van der Waals surface area contributed by atoms with E-state index < -0.39 is 6.04 Å². The lowest BCUT2D eigenvalue weighted by Crippen LogP contribution is -2.58. The lowest BCUT2D eigenvalue weighted by atomic mass is 9.64. The summed E-state index contributed by atoms with van der Waals surface area (Å²) in [7, 11) is 0. The molecule has 1 aliphatic heterocycles. The molecule has 3 fully saturated rings. The number of aliphatic hydroxyl groups excluding tert-OH is 1. The van der Waals surface area contributed by atoms with Crippen LogP contribution in [0.15, 0.2) is 0 Å². The second kappa shape index (κ2) is 3.69. The molecule has 4 atom stereocenters. The van der Waals surface area contributed by atoms with Crippen molar-refractivity contribution in [2.45, 2.75) is 57.2 Å². The molecule has 0 radical (unpaired) electrons. The molecular weight excluding hydrogens is 216 g/mol. The van der Waals surface area contributed by atoms with Crippen LogP contribution in [0, 0.1) is 11.3 Å². The Balaban J connectivity index is 1.73. The van der Waals surface area contributed by atoms with Crippen LogP contribution >= 0.6 is 0 Å². The Morgan fingerprint density at radius 1 is 1.53 bits per heavy atom. The van der Waals surface area contributed by atoms with Gasteiger partial charge in [-0.3, -0.25) is 4.79 Å². The van der Waals surface area contributed by atoms with Gasteiger partial charge in [-0.2, -0.15) is 0 Å². The first-order chi connectivity index (χ1) is 8.09. The minimum Gasteiger partial charge on any atom is -0.396 e. The zero-order valence-corrected chi connectivity index (χ0v) is 10.4. The molecular formula is C13H22N2O2. The summed E-state index contributed by atoms with van der Waals surface area (Å²) in [6, 6.07) is 0.301. The predicted octanol–water partition coefficient (Wildman–Crippen LogP) is 0.486. The van der Waals surface area contributed by atoms with E-state index in [1.807, 2.05) is 4.90 Å². The fourth-order valence-electron chi connectivity index (χ4n) is 3.71. The van der Waals surface area contributed by atoms with Crippen molar-refractivity contribution in [2.24, 2.45) is 17.1 Å². The van der Waals surface area contributed by atoms with Gasteiger partial charge in [0.15, 0.2) is 0 Å². The molecule has 0 aromatic heterocycles. The van der Waals surface area contributed by atoms with E-state index in [0.717, 1.165) is 38.0 Å². The molecule has 0 aromatic carbocycles. The van der Waals surface area contributed by atoms with Crippen molar-refractivity contribution in [3.63, 3.8) is 0 Å². The van der Waals surface area contributed by atoms with Gasteiger partial charge in [0, 0.05) is 17.5 Å². The third-order valence-corrected chi connectivity index (χ3v) is 5.21. The summed E-state index contributed by atoms with van der Waals surface area (Å²) in [5, 5.41) is 9.49. The number of carbonyl (C=O) groups excluding carboxylic acids is 1. The number of fused-ring (bicyclic) bond motifs is 1. The minimum atomic E-state index is -0.497. The average Bonchev–Trinajstić information content (AvgIpc) is 2.89. The number of rotatable bonds is 3. The molecule has 17 heavy (non-hydrogen) atoms. The molecule has 96 valence electrons. The summed E-state index contributed by atoms with van der Waals surface area (Å²) in [6.45, 7) is 2.17. The quantitative estimate of drug-likeness (QED) is 0.752. The van der Waals surface area contributed by atoms with Crippen LogP contribution < -0.4 is 5.73 Å². The Morgan fingerprint density at radius 2 is 2.24 bits per heavy atom. The third kappa shape index (κ3) is 1.54. The van der Waals surface area contributed by atoms with Gasteiger partial charge in [0.2, 0.25) is 5.91 Å². The van der Waals surface area contributed by atoms with Gasteiger partial charge in [-0.05, 0) is 38.5 Å². The van der Waals surface area contributed by atoms with E-state index in [9.17, 15) is 9.90 Å². The van der Waals surface area contributed by atoms with Crippen molar-refractivity contribution in [2.75, 3.05) is 6.61 Å². The van der Waals surface area contributed by atoms with Gasteiger partial charge in [0.25, 0.3) is 0 Å². The largest absolute Gasteiger partial charge is 0.396 e. The number of carbonyl (C=O) groups is 1. The van der Waals surface area contributed by atoms with Gasteiger partial charge in [-0.15, -0.1) is 0 Å². The SMILES string of the molecule is C[C@@H]1C[C@@H]2C[C@@H]2N1C(=O)[C@@H](N)C1(CO)CCC1. The van der Waals surface area contributed by atoms with Gasteiger partial charge in [0.1, 0.15) is 0 Å². The van der Waals surface area contributed by atoms with Crippen LogP contribution in [-0.2, 0) is 4.79 Å². The lowest BCUT2D eigenvalue weighted by molar-refractivity contribution is -0.141. The summed E-state index contributed by atoms with van der Waals surface area (Å²) in [5.41, 5.74) is 5.82. The molecule has 1 saturated heterocycles. The Morgan fingerprint density at radius 3 is 2.65 bits per heavy atom. The number of nitrogens with zero attached hydrogens (tertiary/aromatic N) is 1. The van der Waals surface area contributed by atoms with Crippen molar-refractivity contribution >= 4 is 5.91 Å². The number of hydrogen-bond acceptors (Lipinski definition) is 3. The molecule has 0 aromatic rings. The molecule has 4 nitrogen and oxygen atoms in total. The van der Waals surface area contributed by atoms with E-state index in [-0.39, 0.29) is 17.9 Å². The molecule has 0 spiro atoms. The summed E-state index contributed by atoms with van der Waals surface area (Å²) in [6.07, 6.45) is 5.17. The standard InChI is InChI=1S/C13H22N2O2/c1-8-5-9-6-10(9)15(8)12(17)11(14)13(7-16)3-2-4-13/h8-11,16H,2-7,14H2,1H3/t8-,9-,10+,11-/m1/s1. The smallest absolute Gasteiger partial charge is 0.240 e. The summed E-state index contributed by atoms with van der Waals surface area (Å²) >= 11 is 0. The maximum atomic E-state index is 12.5. The Labute approximate surface area is 102 Å². The molecule has 2 saturated carbocycles. The van der Waals surface area contributed by atoms with Crippen LogP contribution in [0.25, 0.3) is 0 Å². The maximum absolute atomic E-state index is 12.5. The molecule has 1 heterocycles. The summed E-state index contributed by atoms with van der Waals surface area (Å²) in [4.78, 5) is 14.5. The minimum absolute atomic E-state index is 0.0518. The van der Waals surface area contributed by atoms with E-state index in [1.165, 1.54) is 0 Å². The zero-order valence-electron chi connectivity index (χ0n) is 10.4. The number of aliphatic hydroxyl groups is 1. The number of hydrogen-bond donors (Lipinski definition) is 2. The van der Waals surface area contributed by atoms with Gasteiger partial charge < -0.3 is 15.7 Å². The molecule has 4 heteroatoms. The Bertz CT molecular complexity index is 333. The van der Waals surface area contributed by atoms with Crippen LogP contribution in [0.1, 0.15) is 39.0 Å². The molecule has 1 amide bonds. The van der Waals surface area contributed by atoms with Crippen LogP contribution in [-0.4, -0.2) is 40.6 Å². The van der Waals surface area contributed by atoms with E-state index in [0.29, 0.717) is 12.1 Å². The molecule has 3 N–H and O–H groups in total. The third-order valence-electron chi connectivity index (χ3n) is 5.21. The highest BCUT2D eigenvalue weighted by Crippen LogP contribution is 2.49. The summed E-state index contributed by atoms with van der Waals surface area (Å²) < 4.78 is 0. The van der Waals surface area contributed by atoms with Crippen LogP contribution in [0.3, 0.4) is 0 Å². The van der Waals surface area contributed by atoms with Gasteiger partial charge in [-0.1, -0.05) is 6.42 Å². The van der Waals surface area contributed by atoms with Crippen molar-refractivity contribution < 1.29 is 9.90 Å². The summed E-state index contributed by atoms with van der Waals surface area (Å²) in [5.74, 6) is 0.809. The lowest BCUT2D eigenvalue weighted by Gasteiger charge is -2.45. The highest BCUT2D eigenvalue weighted by molar-refractivity contribution is 5.84. The second-order valence-corrected chi connectivity index (χ2v) is 6.25. The molecule has 2 aliphatic carbocycles. The fourth-order valence-corrected chi connectivity index (χ4v) is 3.71. The number of nitrogens with two attached hydrogens (primary N) is 1. The van der Waals surface area contributed by atoms with Crippen LogP contribution in [0.4, 0.5) is 0 Å². The second-order valence-electron chi connectivity index (χ2n) is 6.25. The van der Waals surface area contributed by atoms with Gasteiger partial charge in [-0.25, -0.2) is 0 Å². The van der Waals surface area contributed by atoms with E-state index in [1.54, 1.807) is 0 Å². The monoisotopic (exact) mass is 238 g/mol. The molecule has 3 rings (SSSR count). The van der Waals surface area contributed by atoms with Crippen molar-refractivity contribution in [3.8, 4) is 0 Å². The normalized spacial score (nSPS) is 39.5.